The molecule has 0 unspecified atom stereocenters. The molecule has 0 spiro atoms. The van der Waals surface area contributed by atoms with Crippen molar-refractivity contribution in [2.24, 2.45) is 0 Å². The summed E-state index contributed by atoms with van der Waals surface area (Å²) < 4.78 is 0. The lowest BCUT2D eigenvalue weighted by atomic mass is 10.2. The summed E-state index contributed by atoms with van der Waals surface area (Å²) in [7, 11) is 0. The molecule has 1 rings (SSSR count). The molecule has 1 aromatic rings. The van der Waals surface area contributed by atoms with Gasteiger partial charge in [0.2, 0.25) is 0 Å². The van der Waals surface area contributed by atoms with Gasteiger partial charge in [0.15, 0.2) is 6.29 Å². The van der Waals surface area contributed by atoms with Crippen molar-refractivity contribution >= 4 is 12.1 Å². The number of nitrogens with one attached hydrogen (secondary N) is 1. The molecule has 1 N–H and O–H groups in total. The van der Waals surface area contributed by atoms with Crippen LogP contribution >= 0.6 is 0 Å². The van der Waals surface area contributed by atoms with Gasteiger partial charge in [-0.3, -0.25) is 4.79 Å². The summed E-state index contributed by atoms with van der Waals surface area (Å²) in [5.74, 6) is 0.868. The number of aromatic nitrogens is 1. The van der Waals surface area contributed by atoms with E-state index < -0.39 is 0 Å². The standard InChI is InChI=1S/C10H14N2O/c1-3-4-11-10-8(2)5-9(7-13)6-12-10/h5-7H,3-4H2,1-2H3,(H,11,12). The van der Waals surface area contributed by atoms with E-state index in [4.69, 9.17) is 0 Å². The van der Waals surface area contributed by atoms with Crippen molar-refractivity contribution in [3.8, 4) is 0 Å². The predicted molar refractivity (Wildman–Crippen MR) is 53.1 cm³/mol. The van der Waals surface area contributed by atoms with Crippen molar-refractivity contribution in [1.82, 2.24) is 4.98 Å². The first kappa shape index (κ1) is 9.71. The van der Waals surface area contributed by atoms with Crippen molar-refractivity contribution in [3.63, 3.8) is 0 Å². The van der Waals surface area contributed by atoms with Crippen LogP contribution in [-0.2, 0) is 0 Å². The Kier molecular flexibility index (Phi) is 3.43. The predicted octanol–water partition coefficient (Wildman–Crippen LogP) is 2.02. The third kappa shape index (κ3) is 2.54. The second-order valence-electron chi connectivity index (χ2n) is 2.98. The number of aldehydes is 1. The largest absolute Gasteiger partial charge is 0.370 e. The minimum atomic E-state index is 0.625. The average molecular weight is 178 g/mol. The molecule has 1 heterocycles. The minimum Gasteiger partial charge on any atom is -0.370 e. The van der Waals surface area contributed by atoms with E-state index in [-0.39, 0.29) is 0 Å². The smallest absolute Gasteiger partial charge is 0.151 e. The van der Waals surface area contributed by atoms with Gasteiger partial charge < -0.3 is 5.32 Å². The summed E-state index contributed by atoms with van der Waals surface area (Å²) in [6.07, 6.45) is 3.46. The number of carbonyl (C=O) groups is 1. The Morgan fingerprint density at radius 3 is 2.92 bits per heavy atom. The lowest BCUT2D eigenvalue weighted by molar-refractivity contribution is 0.112. The number of rotatable bonds is 4. The van der Waals surface area contributed by atoms with Gasteiger partial charge in [-0.2, -0.15) is 0 Å². The number of pyridine rings is 1. The van der Waals surface area contributed by atoms with Crippen LogP contribution in [0.25, 0.3) is 0 Å². The highest BCUT2D eigenvalue weighted by Crippen LogP contribution is 2.11. The topological polar surface area (TPSA) is 42.0 Å². The molecule has 0 radical (unpaired) electrons. The maximum Gasteiger partial charge on any atom is 0.151 e. The van der Waals surface area contributed by atoms with Crippen LogP contribution in [0.2, 0.25) is 0 Å². The molecule has 3 nitrogen and oxygen atoms in total. The number of hydrogen-bond acceptors (Lipinski definition) is 3. The van der Waals surface area contributed by atoms with Gasteiger partial charge in [0.05, 0.1) is 0 Å². The van der Waals surface area contributed by atoms with Crippen molar-refractivity contribution in [3.05, 3.63) is 23.4 Å². The van der Waals surface area contributed by atoms with Gasteiger partial charge in [0.1, 0.15) is 5.82 Å². The number of anilines is 1. The van der Waals surface area contributed by atoms with E-state index in [0.29, 0.717) is 5.56 Å². The van der Waals surface area contributed by atoms with Crippen LogP contribution < -0.4 is 5.32 Å². The molecular formula is C10H14N2O. The maximum absolute atomic E-state index is 10.4. The van der Waals surface area contributed by atoms with Crippen LogP contribution in [0.5, 0.6) is 0 Å². The molecule has 1 aromatic heterocycles. The van der Waals surface area contributed by atoms with Crippen LogP contribution in [0.4, 0.5) is 5.82 Å². The molecule has 70 valence electrons. The van der Waals surface area contributed by atoms with Crippen molar-refractivity contribution in [2.75, 3.05) is 11.9 Å². The summed E-state index contributed by atoms with van der Waals surface area (Å²) in [5.41, 5.74) is 1.64. The number of nitrogens with zero attached hydrogens (tertiary/aromatic N) is 1. The molecule has 0 atom stereocenters. The molecule has 0 aliphatic carbocycles. The molecule has 0 amide bonds. The van der Waals surface area contributed by atoms with Gasteiger partial charge in [-0.25, -0.2) is 4.98 Å². The molecular weight excluding hydrogens is 164 g/mol. The van der Waals surface area contributed by atoms with Gasteiger partial charge in [0, 0.05) is 18.3 Å². The normalized spacial score (nSPS) is 9.69. The SMILES string of the molecule is CCCNc1ncc(C=O)cc1C. The van der Waals surface area contributed by atoms with E-state index >= 15 is 0 Å². The van der Waals surface area contributed by atoms with Gasteiger partial charge >= 0.3 is 0 Å². The first-order chi connectivity index (χ1) is 6.27. The summed E-state index contributed by atoms with van der Waals surface area (Å²) in [6.45, 7) is 4.95. The zero-order valence-electron chi connectivity index (χ0n) is 8.00. The second kappa shape index (κ2) is 4.60. The van der Waals surface area contributed by atoms with Crippen LogP contribution in [0.15, 0.2) is 12.3 Å². The molecule has 3 heteroatoms. The first-order valence-corrected chi connectivity index (χ1v) is 4.43. The van der Waals surface area contributed by atoms with Crippen LogP contribution in [0.1, 0.15) is 29.3 Å². The van der Waals surface area contributed by atoms with Crippen molar-refractivity contribution < 1.29 is 4.79 Å². The summed E-state index contributed by atoms with van der Waals surface area (Å²) in [4.78, 5) is 14.6. The van der Waals surface area contributed by atoms with Crippen LogP contribution in [0, 0.1) is 6.92 Å². The van der Waals surface area contributed by atoms with Crippen LogP contribution in [-0.4, -0.2) is 17.8 Å². The van der Waals surface area contributed by atoms with Gasteiger partial charge in [-0.1, -0.05) is 6.92 Å². The Bertz CT molecular complexity index is 297. The molecule has 0 fully saturated rings. The van der Waals surface area contributed by atoms with E-state index in [9.17, 15) is 4.79 Å². The Morgan fingerprint density at radius 2 is 2.38 bits per heavy atom. The van der Waals surface area contributed by atoms with Gasteiger partial charge in [-0.15, -0.1) is 0 Å². The highest BCUT2D eigenvalue weighted by Gasteiger charge is 1.99. The maximum atomic E-state index is 10.4. The van der Waals surface area contributed by atoms with Gasteiger partial charge in [-0.05, 0) is 25.0 Å². The molecule has 0 bridgehead atoms. The number of hydrogen-bond donors (Lipinski definition) is 1. The molecule has 0 aromatic carbocycles. The molecule has 0 saturated heterocycles. The Morgan fingerprint density at radius 1 is 1.62 bits per heavy atom. The van der Waals surface area contributed by atoms with E-state index in [0.717, 1.165) is 30.6 Å². The fraction of sp³-hybridized carbons (Fsp3) is 0.400. The van der Waals surface area contributed by atoms with E-state index in [1.165, 1.54) is 0 Å². The highest BCUT2D eigenvalue weighted by atomic mass is 16.1. The number of carbonyl (C=O) groups excluding carboxylic acids is 1. The van der Waals surface area contributed by atoms with Crippen LogP contribution in [0.3, 0.4) is 0 Å². The summed E-state index contributed by atoms with van der Waals surface area (Å²) in [6, 6.07) is 1.83. The zero-order valence-corrected chi connectivity index (χ0v) is 8.00. The third-order valence-corrected chi connectivity index (χ3v) is 1.78. The fourth-order valence-electron chi connectivity index (χ4n) is 1.09. The molecule has 0 aliphatic heterocycles. The quantitative estimate of drug-likeness (QED) is 0.717. The Balaban J connectivity index is 2.79. The molecule has 0 saturated carbocycles. The summed E-state index contributed by atoms with van der Waals surface area (Å²) >= 11 is 0. The number of aryl methyl sites for hydroxylation is 1. The Hall–Kier alpha value is -1.38. The monoisotopic (exact) mass is 178 g/mol. The lowest BCUT2D eigenvalue weighted by Crippen LogP contribution is -2.04. The average Bonchev–Trinajstić information content (AvgIpc) is 2.16. The van der Waals surface area contributed by atoms with Gasteiger partial charge in [0.25, 0.3) is 0 Å². The molecule has 13 heavy (non-hydrogen) atoms. The van der Waals surface area contributed by atoms with E-state index in [2.05, 4.69) is 17.2 Å². The second-order valence-corrected chi connectivity index (χ2v) is 2.98. The lowest BCUT2D eigenvalue weighted by Gasteiger charge is -2.06. The highest BCUT2D eigenvalue weighted by molar-refractivity contribution is 5.75. The van der Waals surface area contributed by atoms with E-state index in [1.807, 2.05) is 13.0 Å². The first-order valence-electron chi connectivity index (χ1n) is 4.43. The van der Waals surface area contributed by atoms with E-state index in [1.54, 1.807) is 6.20 Å². The minimum absolute atomic E-state index is 0.625. The summed E-state index contributed by atoms with van der Waals surface area (Å²) in [5, 5.41) is 3.19. The molecule has 0 aliphatic rings. The third-order valence-electron chi connectivity index (χ3n) is 1.78. The van der Waals surface area contributed by atoms with Crippen molar-refractivity contribution in [1.29, 1.82) is 0 Å². The zero-order chi connectivity index (χ0) is 9.68. The van der Waals surface area contributed by atoms with Crippen molar-refractivity contribution in [2.45, 2.75) is 20.3 Å². The fourth-order valence-corrected chi connectivity index (χ4v) is 1.09. The Labute approximate surface area is 78.2 Å².